The Morgan fingerprint density at radius 2 is 2.04 bits per heavy atom. The minimum absolute atomic E-state index is 0.237. The highest BCUT2D eigenvalue weighted by Crippen LogP contribution is 2.22. The molecule has 1 aliphatic heterocycles. The molecule has 0 spiro atoms. The Kier molecular flexibility index (Phi) is 5.93. The summed E-state index contributed by atoms with van der Waals surface area (Å²) in [5, 5.41) is 9.06. The van der Waals surface area contributed by atoms with Crippen molar-refractivity contribution in [3.05, 3.63) is 29.3 Å². The molecule has 1 aromatic rings. The van der Waals surface area contributed by atoms with Gasteiger partial charge >= 0.3 is 12.1 Å². The first-order valence-corrected chi connectivity index (χ1v) is 8.60. The van der Waals surface area contributed by atoms with Crippen LogP contribution in [0, 0.1) is 12.8 Å². The lowest BCUT2D eigenvalue weighted by Gasteiger charge is -2.34. The topological polar surface area (TPSA) is 76.1 Å². The Balaban J connectivity index is 1.89. The van der Waals surface area contributed by atoms with E-state index < -0.39 is 11.6 Å². The van der Waals surface area contributed by atoms with Gasteiger partial charge in [-0.15, -0.1) is 0 Å². The molecule has 1 N–H and O–H groups in total. The number of rotatable bonds is 4. The largest absolute Gasteiger partial charge is 0.493 e. The number of aromatic carboxylic acids is 1. The van der Waals surface area contributed by atoms with Gasteiger partial charge in [-0.05, 0) is 64.3 Å². The van der Waals surface area contributed by atoms with Crippen LogP contribution in [-0.2, 0) is 4.74 Å². The Morgan fingerprint density at radius 1 is 1.32 bits per heavy atom. The normalized spacial score (nSPS) is 17.9. The van der Waals surface area contributed by atoms with Crippen molar-refractivity contribution in [1.82, 2.24) is 4.90 Å². The number of carbonyl (C=O) groups is 2. The molecule has 0 bridgehead atoms. The zero-order chi connectivity index (χ0) is 18.6. The molecule has 0 aliphatic carbocycles. The van der Waals surface area contributed by atoms with Gasteiger partial charge in [0.15, 0.2) is 0 Å². The van der Waals surface area contributed by atoms with E-state index in [2.05, 4.69) is 0 Å². The summed E-state index contributed by atoms with van der Waals surface area (Å²) in [5.74, 6) is -0.0538. The van der Waals surface area contributed by atoms with Crippen LogP contribution in [0.2, 0.25) is 0 Å². The number of carbonyl (C=O) groups excluding carboxylic acids is 1. The van der Waals surface area contributed by atoms with Gasteiger partial charge in [0.05, 0.1) is 12.2 Å². The smallest absolute Gasteiger partial charge is 0.410 e. The molecule has 6 heteroatoms. The minimum atomic E-state index is -0.940. The van der Waals surface area contributed by atoms with Crippen LogP contribution in [-0.4, -0.2) is 47.4 Å². The fourth-order valence-corrected chi connectivity index (χ4v) is 2.87. The maximum absolute atomic E-state index is 12.2. The van der Waals surface area contributed by atoms with Gasteiger partial charge in [0.2, 0.25) is 0 Å². The van der Waals surface area contributed by atoms with Crippen LogP contribution < -0.4 is 4.74 Å². The third kappa shape index (κ3) is 5.66. The van der Waals surface area contributed by atoms with E-state index in [0.29, 0.717) is 31.0 Å². The van der Waals surface area contributed by atoms with Gasteiger partial charge < -0.3 is 19.5 Å². The van der Waals surface area contributed by atoms with E-state index in [9.17, 15) is 9.59 Å². The summed E-state index contributed by atoms with van der Waals surface area (Å²) >= 11 is 0. The summed E-state index contributed by atoms with van der Waals surface area (Å²) in [6, 6.07) is 4.96. The molecule has 0 saturated carbocycles. The average Bonchev–Trinajstić information content (AvgIpc) is 2.51. The molecule has 6 nitrogen and oxygen atoms in total. The molecule has 1 heterocycles. The Morgan fingerprint density at radius 3 is 2.64 bits per heavy atom. The fraction of sp³-hybridized carbons (Fsp3) is 0.579. The monoisotopic (exact) mass is 349 g/mol. The van der Waals surface area contributed by atoms with Crippen molar-refractivity contribution in [2.75, 3.05) is 19.7 Å². The number of amides is 1. The number of piperidine rings is 1. The van der Waals surface area contributed by atoms with Crippen LogP contribution in [0.1, 0.15) is 49.5 Å². The lowest BCUT2D eigenvalue weighted by molar-refractivity contribution is 0.0139. The second-order valence-electron chi connectivity index (χ2n) is 7.53. The highest BCUT2D eigenvalue weighted by atomic mass is 16.6. The maximum Gasteiger partial charge on any atom is 0.410 e. The molecule has 0 unspecified atom stereocenters. The van der Waals surface area contributed by atoms with E-state index in [1.807, 2.05) is 20.8 Å². The standard InChI is InChI=1S/C19H27NO5/c1-13-10-15(7-8-16(13)17(21)22)24-12-14-6-5-9-20(11-14)18(23)25-19(2,3)4/h7-8,10,14H,5-6,9,11-12H2,1-4H3,(H,21,22)/t14-/m0/s1. The molecule has 25 heavy (non-hydrogen) atoms. The summed E-state index contributed by atoms with van der Waals surface area (Å²) in [6.07, 6.45) is 1.63. The zero-order valence-corrected chi connectivity index (χ0v) is 15.4. The molecular formula is C19H27NO5. The molecule has 0 aromatic heterocycles. The Bertz CT molecular complexity index is 635. The number of ether oxygens (including phenoxy) is 2. The van der Waals surface area contributed by atoms with Crippen LogP contribution in [0.3, 0.4) is 0 Å². The number of benzene rings is 1. The Hall–Kier alpha value is -2.24. The van der Waals surface area contributed by atoms with Gasteiger partial charge in [0.25, 0.3) is 0 Å². The number of hydrogen-bond acceptors (Lipinski definition) is 4. The first kappa shape index (κ1) is 19.1. The van der Waals surface area contributed by atoms with Crippen molar-refractivity contribution in [1.29, 1.82) is 0 Å². The SMILES string of the molecule is Cc1cc(OC[C@H]2CCCN(C(=O)OC(C)(C)C)C2)ccc1C(=O)O. The van der Waals surface area contributed by atoms with Crippen LogP contribution in [0.25, 0.3) is 0 Å². The highest BCUT2D eigenvalue weighted by molar-refractivity contribution is 5.89. The van der Waals surface area contributed by atoms with E-state index in [4.69, 9.17) is 14.6 Å². The molecule has 1 amide bonds. The third-order valence-corrected chi connectivity index (χ3v) is 4.08. The molecule has 0 radical (unpaired) electrons. The first-order chi connectivity index (χ1) is 11.7. The summed E-state index contributed by atoms with van der Waals surface area (Å²) in [7, 11) is 0. The summed E-state index contributed by atoms with van der Waals surface area (Å²) < 4.78 is 11.2. The molecule has 1 saturated heterocycles. The van der Waals surface area contributed by atoms with Crippen LogP contribution >= 0.6 is 0 Å². The number of nitrogens with zero attached hydrogens (tertiary/aromatic N) is 1. The van der Waals surface area contributed by atoms with Gasteiger partial charge in [-0.3, -0.25) is 0 Å². The number of hydrogen-bond donors (Lipinski definition) is 1. The van der Waals surface area contributed by atoms with E-state index in [0.717, 1.165) is 12.8 Å². The predicted octanol–water partition coefficient (Wildman–Crippen LogP) is 3.72. The fourth-order valence-electron chi connectivity index (χ4n) is 2.87. The summed E-state index contributed by atoms with van der Waals surface area (Å²) in [4.78, 5) is 25.0. The number of aryl methyl sites for hydroxylation is 1. The van der Waals surface area contributed by atoms with Crippen molar-refractivity contribution in [2.24, 2.45) is 5.92 Å². The van der Waals surface area contributed by atoms with Crippen LogP contribution in [0.5, 0.6) is 5.75 Å². The quantitative estimate of drug-likeness (QED) is 0.896. The number of carboxylic acids is 1. The third-order valence-electron chi connectivity index (χ3n) is 4.08. The maximum atomic E-state index is 12.2. The average molecular weight is 349 g/mol. The molecule has 1 atom stereocenters. The highest BCUT2D eigenvalue weighted by Gasteiger charge is 2.28. The first-order valence-electron chi connectivity index (χ1n) is 8.60. The molecular weight excluding hydrogens is 322 g/mol. The minimum Gasteiger partial charge on any atom is -0.493 e. The van der Waals surface area contributed by atoms with Crippen molar-refractivity contribution < 1.29 is 24.2 Å². The molecule has 1 aliphatic rings. The van der Waals surface area contributed by atoms with Crippen molar-refractivity contribution in [2.45, 2.75) is 46.1 Å². The lowest BCUT2D eigenvalue weighted by Crippen LogP contribution is -2.44. The number of carboxylic acid groups (broad SMARTS) is 1. The van der Waals surface area contributed by atoms with E-state index >= 15 is 0 Å². The second-order valence-corrected chi connectivity index (χ2v) is 7.53. The van der Waals surface area contributed by atoms with E-state index in [1.165, 1.54) is 0 Å². The summed E-state index contributed by atoms with van der Waals surface area (Å²) in [5.41, 5.74) is 0.453. The van der Waals surface area contributed by atoms with Crippen molar-refractivity contribution in [3.8, 4) is 5.75 Å². The van der Waals surface area contributed by atoms with Crippen LogP contribution in [0.4, 0.5) is 4.79 Å². The molecule has 138 valence electrons. The van der Waals surface area contributed by atoms with E-state index in [-0.39, 0.29) is 17.6 Å². The number of likely N-dealkylation sites (tertiary alicyclic amines) is 1. The van der Waals surface area contributed by atoms with Crippen LogP contribution in [0.15, 0.2) is 18.2 Å². The summed E-state index contributed by atoms with van der Waals surface area (Å²) in [6.45, 7) is 9.14. The lowest BCUT2D eigenvalue weighted by atomic mass is 9.99. The van der Waals surface area contributed by atoms with Gasteiger partial charge in [-0.1, -0.05) is 0 Å². The molecule has 1 fully saturated rings. The second kappa shape index (κ2) is 7.76. The van der Waals surface area contributed by atoms with Gasteiger partial charge in [-0.25, -0.2) is 9.59 Å². The van der Waals surface area contributed by atoms with E-state index in [1.54, 1.807) is 30.0 Å². The van der Waals surface area contributed by atoms with Gasteiger partial charge in [0.1, 0.15) is 11.4 Å². The van der Waals surface area contributed by atoms with Crippen molar-refractivity contribution >= 4 is 12.1 Å². The zero-order valence-electron chi connectivity index (χ0n) is 15.4. The molecule has 2 rings (SSSR count). The van der Waals surface area contributed by atoms with Gasteiger partial charge in [-0.2, -0.15) is 0 Å². The Labute approximate surface area is 148 Å². The van der Waals surface area contributed by atoms with Crippen molar-refractivity contribution in [3.63, 3.8) is 0 Å². The predicted molar refractivity (Wildman–Crippen MR) is 94.2 cm³/mol. The molecule has 1 aromatic carbocycles. The van der Waals surface area contributed by atoms with Gasteiger partial charge in [0, 0.05) is 19.0 Å².